The Morgan fingerprint density at radius 2 is 1.90 bits per heavy atom. The Morgan fingerprint density at radius 3 is 2.60 bits per heavy atom. The van der Waals surface area contributed by atoms with E-state index in [9.17, 15) is 0 Å². The lowest BCUT2D eigenvalue weighted by Crippen LogP contribution is -2.54. The molecule has 0 spiro atoms. The van der Waals surface area contributed by atoms with Crippen molar-refractivity contribution in [2.75, 3.05) is 7.05 Å². The molecule has 0 amide bonds. The molecule has 4 nitrogen and oxygen atoms in total. The lowest BCUT2D eigenvalue weighted by atomic mass is 9.82. The van der Waals surface area contributed by atoms with E-state index < -0.39 is 0 Å². The number of hydrogen-bond donors (Lipinski definition) is 1. The Morgan fingerprint density at radius 1 is 1.15 bits per heavy atom. The second kappa shape index (κ2) is 5.15. The minimum Gasteiger partial charge on any atom is -0.330 e. The van der Waals surface area contributed by atoms with Crippen LogP contribution in [0.4, 0.5) is 0 Å². The SMILES string of the molecule is CN1C2CCCC1CC(NCc1cncn1C1CC1)C2. The van der Waals surface area contributed by atoms with Crippen molar-refractivity contribution in [2.24, 2.45) is 0 Å². The molecule has 1 aromatic heterocycles. The number of fused-ring (bicyclic) bond motifs is 2. The monoisotopic (exact) mass is 274 g/mol. The highest BCUT2D eigenvalue weighted by Crippen LogP contribution is 2.36. The molecular weight excluding hydrogens is 248 g/mol. The van der Waals surface area contributed by atoms with Gasteiger partial charge >= 0.3 is 0 Å². The van der Waals surface area contributed by atoms with Gasteiger partial charge in [0.05, 0.1) is 12.0 Å². The van der Waals surface area contributed by atoms with Crippen LogP contribution in [-0.2, 0) is 6.54 Å². The van der Waals surface area contributed by atoms with Crippen molar-refractivity contribution in [1.29, 1.82) is 0 Å². The van der Waals surface area contributed by atoms with E-state index in [2.05, 4.69) is 26.8 Å². The van der Waals surface area contributed by atoms with E-state index >= 15 is 0 Å². The van der Waals surface area contributed by atoms with Crippen molar-refractivity contribution in [3.05, 3.63) is 18.2 Å². The summed E-state index contributed by atoms with van der Waals surface area (Å²) in [5.41, 5.74) is 1.37. The van der Waals surface area contributed by atoms with E-state index in [1.807, 2.05) is 12.5 Å². The van der Waals surface area contributed by atoms with Gasteiger partial charge in [0.2, 0.25) is 0 Å². The largest absolute Gasteiger partial charge is 0.330 e. The average molecular weight is 274 g/mol. The number of nitrogens with zero attached hydrogens (tertiary/aromatic N) is 3. The highest BCUT2D eigenvalue weighted by atomic mass is 15.2. The van der Waals surface area contributed by atoms with Gasteiger partial charge in [0, 0.05) is 36.9 Å². The van der Waals surface area contributed by atoms with Crippen molar-refractivity contribution in [3.8, 4) is 0 Å². The molecule has 20 heavy (non-hydrogen) atoms. The number of piperidine rings is 2. The summed E-state index contributed by atoms with van der Waals surface area (Å²) >= 11 is 0. The molecular formula is C16H26N4. The van der Waals surface area contributed by atoms with E-state index in [4.69, 9.17) is 0 Å². The van der Waals surface area contributed by atoms with Gasteiger partial charge in [0.15, 0.2) is 0 Å². The Hall–Kier alpha value is -0.870. The zero-order chi connectivity index (χ0) is 13.5. The molecule has 4 heteroatoms. The van der Waals surface area contributed by atoms with Crippen LogP contribution in [0, 0.1) is 0 Å². The summed E-state index contributed by atoms with van der Waals surface area (Å²) in [5, 5.41) is 3.81. The summed E-state index contributed by atoms with van der Waals surface area (Å²) in [6.45, 7) is 0.990. The summed E-state index contributed by atoms with van der Waals surface area (Å²) < 4.78 is 2.38. The molecule has 0 radical (unpaired) electrons. The van der Waals surface area contributed by atoms with Gasteiger partial charge in [-0.05, 0) is 45.6 Å². The molecule has 1 aliphatic carbocycles. The van der Waals surface area contributed by atoms with Gasteiger partial charge in [-0.1, -0.05) is 6.42 Å². The molecule has 2 bridgehead atoms. The normalized spacial score (nSPS) is 34.4. The molecule has 2 saturated heterocycles. The number of hydrogen-bond acceptors (Lipinski definition) is 3. The number of imidazole rings is 1. The van der Waals surface area contributed by atoms with Gasteiger partial charge in [-0.15, -0.1) is 0 Å². The molecule has 3 fully saturated rings. The molecule has 1 saturated carbocycles. The number of rotatable bonds is 4. The van der Waals surface area contributed by atoms with Crippen LogP contribution in [0.25, 0.3) is 0 Å². The Kier molecular flexibility index (Phi) is 3.31. The summed E-state index contributed by atoms with van der Waals surface area (Å²) in [5.74, 6) is 0. The van der Waals surface area contributed by atoms with Gasteiger partial charge < -0.3 is 14.8 Å². The van der Waals surface area contributed by atoms with Crippen LogP contribution >= 0.6 is 0 Å². The molecule has 2 aliphatic heterocycles. The van der Waals surface area contributed by atoms with Crippen molar-refractivity contribution < 1.29 is 0 Å². The summed E-state index contributed by atoms with van der Waals surface area (Å²) in [7, 11) is 2.33. The maximum absolute atomic E-state index is 4.33. The first-order valence-corrected chi connectivity index (χ1v) is 8.27. The van der Waals surface area contributed by atoms with Crippen LogP contribution in [0.15, 0.2) is 12.5 Å². The van der Waals surface area contributed by atoms with Gasteiger partial charge in [-0.2, -0.15) is 0 Å². The third kappa shape index (κ3) is 2.40. The third-order valence-corrected chi connectivity index (χ3v) is 5.60. The van der Waals surface area contributed by atoms with Gasteiger partial charge in [0.25, 0.3) is 0 Å². The molecule has 110 valence electrons. The Labute approximate surface area is 121 Å². The van der Waals surface area contributed by atoms with Crippen LogP contribution in [0.1, 0.15) is 56.7 Å². The van der Waals surface area contributed by atoms with Crippen molar-refractivity contribution in [1.82, 2.24) is 19.8 Å². The standard InChI is InChI=1S/C16H26N4/c1-19-14-3-2-4-15(19)8-12(7-14)18-10-16-9-17-11-20(16)13-5-6-13/h9,11-15,18H,2-8,10H2,1H3. The molecule has 3 aliphatic rings. The van der Waals surface area contributed by atoms with Crippen LogP contribution in [0.3, 0.4) is 0 Å². The van der Waals surface area contributed by atoms with Crippen LogP contribution in [0.5, 0.6) is 0 Å². The maximum atomic E-state index is 4.33. The van der Waals surface area contributed by atoms with Gasteiger partial charge in [0.1, 0.15) is 0 Å². The zero-order valence-electron chi connectivity index (χ0n) is 12.5. The minimum atomic E-state index is 0.698. The van der Waals surface area contributed by atoms with E-state index in [1.54, 1.807) is 0 Å². The maximum Gasteiger partial charge on any atom is 0.0951 e. The van der Waals surface area contributed by atoms with E-state index in [0.717, 1.165) is 24.7 Å². The fourth-order valence-corrected chi connectivity index (χ4v) is 4.18. The Bertz CT molecular complexity index is 451. The van der Waals surface area contributed by atoms with Crippen molar-refractivity contribution in [3.63, 3.8) is 0 Å². The van der Waals surface area contributed by atoms with Crippen molar-refractivity contribution in [2.45, 2.75) is 75.7 Å². The van der Waals surface area contributed by atoms with E-state index in [-0.39, 0.29) is 0 Å². The van der Waals surface area contributed by atoms with Crippen LogP contribution in [0.2, 0.25) is 0 Å². The first-order chi connectivity index (χ1) is 9.81. The predicted octanol–water partition coefficient (Wildman–Crippen LogP) is 2.32. The first kappa shape index (κ1) is 12.8. The molecule has 2 atom stereocenters. The lowest BCUT2D eigenvalue weighted by Gasteiger charge is -2.47. The minimum absolute atomic E-state index is 0.698. The van der Waals surface area contributed by atoms with Gasteiger partial charge in [-0.3, -0.25) is 0 Å². The molecule has 4 rings (SSSR count). The van der Waals surface area contributed by atoms with Crippen LogP contribution < -0.4 is 5.32 Å². The first-order valence-electron chi connectivity index (χ1n) is 8.27. The summed E-state index contributed by atoms with van der Waals surface area (Å²) in [6, 6.07) is 3.07. The molecule has 3 heterocycles. The fourth-order valence-electron chi connectivity index (χ4n) is 4.18. The highest BCUT2D eigenvalue weighted by Gasteiger charge is 2.35. The summed E-state index contributed by atoms with van der Waals surface area (Å²) in [6.07, 6.45) is 13.6. The van der Waals surface area contributed by atoms with Crippen LogP contribution in [-0.4, -0.2) is 39.6 Å². The van der Waals surface area contributed by atoms with Gasteiger partial charge in [-0.25, -0.2) is 4.98 Å². The average Bonchev–Trinajstić information content (AvgIpc) is 3.16. The highest BCUT2D eigenvalue weighted by molar-refractivity contribution is 5.04. The zero-order valence-corrected chi connectivity index (χ0v) is 12.5. The number of aromatic nitrogens is 2. The Balaban J connectivity index is 1.36. The molecule has 2 unspecified atom stereocenters. The van der Waals surface area contributed by atoms with Crippen molar-refractivity contribution >= 4 is 0 Å². The summed E-state index contributed by atoms with van der Waals surface area (Å²) in [4.78, 5) is 6.97. The third-order valence-electron chi connectivity index (χ3n) is 5.60. The molecule has 1 aromatic rings. The second-order valence-corrected chi connectivity index (χ2v) is 6.98. The lowest BCUT2D eigenvalue weighted by molar-refractivity contribution is 0.0481. The quantitative estimate of drug-likeness (QED) is 0.915. The van der Waals surface area contributed by atoms with E-state index in [1.165, 1.54) is 50.6 Å². The molecule has 0 aromatic carbocycles. The second-order valence-electron chi connectivity index (χ2n) is 6.98. The number of nitrogens with one attached hydrogen (secondary N) is 1. The van der Waals surface area contributed by atoms with E-state index in [0.29, 0.717) is 6.04 Å². The smallest absolute Gasteiger partial charge is 0.0951 e. The predicted molar refractivity (Wildman–Crippen MR) is 79.5 cm³/mol. The topological polar surface area (TPSA) is 33.1 Å². The molecule has 1 N–H and O–H groups in total. The fraction of sp³-hybridized carbons (Fsp3) is 0.812.